The first-order chi connectivity index (χ1) is 3.93. The van der Waals surface area contributed by atoms with E-state index in [1.807, 2.05) is 0 Å². The molecular weight excluding hydrogens is 96.1 g/mol. The van der Waals surface area contributed by atoms with E-state index in [1.165, 1.54) is 12.8 Å². The molecule has 41 valence electrons. The summed E-state index contributed by atoms with van der Waals surface area (Å²) in [6.07, 6.45) is 13.7. The summed E-state index contributed by atoms with van der Waals surface area (Å²) in [5.74, 6) is 2.42. The largest absolute Gasteiger partial charge is 0.0729 e. The molecule has 0 aromatic rings. The maximum Gasteiger partial charge on any atom is -0.000930 e. The van der Waals surface area contributed by atoms with Gasteiger partial charge in [-0.05, 0) is 37.7 Å². The summed E-state index contributed by atoms with van der Waals surface area (Å²) in [4.78, 5) is 0. The Balaban J connectivity index is 2.53. The van der Waals surface area contributed by atoms with Crippen molar-refractivity contribution in [3.8, 4) is 5.92 Å². The molecule has 0 aromatic heterocycles. The minimum Gasteiger partial charge on any atom is -0.0729 e. The molecule has 0 aromatic carbocycles. The lowest BCUT2D eigenvalue weighted by atomic mass is 10.0. The van der Waals surface area contributed by atoms with E-state index in [9.17, 15) is 0 Å². The molecule has 0 amide bonds. The van der Waals surface area contributed by atoms with Crippen LogP contribution in [0.2, 0.25) is 0 Å². The van der Waals surface area contributed by atoms with Crippen LogP contribution in [-0.2, 0) is 0 Å². The number of rotatable bonds is 0. The van der Waals surface area contributed by atoms with E-state index in [4.69, 9.17) is 6.42 Å². The zero-order valence-electron chi connectivity index (χ0n) is 4.91. The number of allylic oxidation sites excluding steroid dienone is 2. The Labute approximate surface area is 50.6 Å². The van der Waals surface area contributed by atoms with E-state index in [-0.39, 0.29) is 0 Å². The van der Waals surface area contributed by atoms with Gasteiger partial charge in [-0.1, -0.05) is 12.0 Å². The average Bonchev–Trinajstić information content (AvgIpc) is 1.90. The summed E-state index contributed by atoms with van der Waals surface area (Å²) in [5.41, 5.74) is 1.09. The molecule has 1 radical (unpaired) electrons. The summed E-state index contributed by atoms with van der Waals surface area (Å²) >= 11 is 0. The molecule has 0 heteroatoms. The van der Waals surface area contributed by atoms with Crippen molar-refractivity contribution in [2.24, 2.45) is 0 Å². The Morgan fingerprint density at radius 3 is 2.75 bits per heavy atom. The zero-order valence-corrected chi connectivity index (χ0v) is 4.91. The van der Waals surface area contributed by atoms with Gasteiger partial charge in [-0.3, -0.25) is 0 Å². The quantitative estimate of drug-likeness (QED) is 0.414. The van der Waals surface area contributed by atoms with Gasteiger partial charge in [-0.25, -0.2) is 0 Å². The summed E-state index contributed by atoms with van der Waals surface area (Å²) in [6.45, 7) is 0. The highest BCUT2D eigenvalue weighted by Crippen LogP contribution is 2.15. The van der Waals surface area contributed by atoms with E-state index >= 15 is 0 Å². The van der Waals surface area contributed by atoms with E-state index in [1.54, 1.807) is 0 Å². The summed E-state index contributed by atoms with van der Waals surface area (Å²) in [5, 5.41) is 0. The van der Waals surface area contributed by atoms with Crippen molar-refractivity contribution in [1.29, 1.82) is 0 Å². The van der Waals surface area contributed by atoms with Crippen LogP contribution in [0.4, 0.5) is 0 Å². The van der Waals surface area contributed by atoms with Crippen molar-refractivity contribution in [3.63, 3.8) is 0 Å². The predicted molar refractivity (Wildman–Crippen MR) is 33.7 cm³/mol. The molecule has 0 bridgehead atoms. The van der Waals surface area contributed by atoms with Crippen molar-refractivity contribution in [2.45, 2.75) is 25.7 Å². The van der Waals surface area contributed by atoms with Crippen LogP contribution >= 0.6 is 0 Å². The van der Waals surface area contributed by atoms with Gasteiger partial charge in [-0.15, -0.1) is 0 Å². The molecule has 0 aliphatic heterocycles. The molecule has 0 saturated carbocycles. The number of hydrogen-bond donors (Lipinski definition) is 0. The van der Waals surface area contributed by atoms with Crippen molar-refractivity contribution in [2.75, 3.05) is 0 Å². The second kappa shape index (κ2) is 2.57. The third-order valence-electron chi connectivity index (χ3n) is 1.45. The molecule has 0 atom stereocenters. The van der Waals surface area contributed by atoms with Gasteiger partial charge in [0.05, 0.1) is 0 Å². The number of hydrogen-bond acceptors (Lipinski definition) is 0. The van der Waals surface area contributed by atoms with Crippen LogP contribution in [0.5, 0.6) is 0 Å². The minimum atomic E-state index is 1.07. The molecular formula is C8H9. The molecule has 1 aliphatic carbocycles. The van der Waals surface area contributed by atoms with Gasteiger partial charge in [0.25, 0.3) is 0 Å². The second-order valence-electron chi connectivity index (χ2n) is 2.10. The third kappa shape index (κ3) is 1.13. The second-order valence-corrected chi connectivity index (χ2v) is 2.10. The molecule has 0 nitrogen and oxygen atoms in total. The predicted octanol–water partition coefficient (Wildman–Crippen LogP) is 2.08. The monoisotopic (exact) mass is 105 g/mol. The van der Waals surface area contributed by atoms with Crippen LogP contribution in [0.1, 0.15) is 25.7 Å². The smallest absolute Gasteiger partial charge is 0.000930 e. The lowest BCUT2D eigenvalue weighted by Gasteiger charge is -2.04. The van der Waals surface area contributed by atoms with E-state index in [0.717, 1.165) is 18.4 Å². The lowest BCUT2D eigenvalue weighted by Crippen LogP contribution is -1.87. The van der Waals surface area contributed by atoms with Crippen LogP contribution < -0.4 is 0 Å². The van der Waals surface area contributed by atoms with Crippen molar-refractivity contribution in [3.05, 3.63) is 18.1 Å². The Bertz CT molecular complexity index is 135. The van der Waals surface area contributed by atoms with Gasteiger partial charge in [0.15, 0.2) is 0 Å². The van der Waals surface area contributed by atoms with Gasteiger partial charge < -0.3 is 0 Å². The normalized spacial score (nSPS) is 19.1. The Hall–Kier alpha value is -0.700. The maximum atomic E-state index is 6.78. The van der Waals surface area contributed by atoms with Crippen molar-refractivity contribution in [1.82, 2.24) is 0 Å². The molecule has 0 heterocycles. The maximum absolute atomic E-state index is 6.78. The molecule has 0 N–H and O–H groups in total. The van der Waals surface area contributed by atoms with Crippen molar-refractivity contribution >= 4 is 0 Å². The molecule has 0 saturated heterocycles. The van der Waals surface area contributed by atoms with Crippen LogP contribution in [0, 0.1) is 12.3 Å². The van der Waals surface area contributed by atoms with Gasteiger partial charge in [0.2, 0.25) is 0 Å². The molecule has 0 fully saturated rings. The van der Waals surface area contributed by atoms with Gasteiger partial charge in [0, 0.05) is 0 Å². The van der Waals surface area contributed by atoms with Gasteiger partial charge >= 0.3 is 0 Å². The summed E-state index contributed by atoms with van der Waals surface area (Å²) in [6, 6.07) is 0. The average molecular weight is 105 g/mol. The topological polar surface area (TPSA) is 0 Å². The zero-order chi connectivity index (χ0) is 5.82. The molecule has 1 aliphatic rings. The fourth-order valence-corrected chi connectivity index (χ4v) is 0.952. The fraction of sp³-hybridized carbons (Fsp3) is 0.500. The SMILES string of the molecule is [C]#CC1=CCCCC1. The highest BCUT2D eigenvalue weighted by atomic mass is 14.0. The van der Waals surface area contributed by atoms with Crippen LogP contribution in [0.15, 0.2) is 11.6 Å². The van der Waals surface area contributed by atoms with E-state index < -0.39 is 0 Å². The Morgan fingerprint density at radius 2 is 2.38 bits per heavy atom. The highest BCUT2D eigenvalue weighted by Gasteiger charge is 1.98. The van der Waals surface area contributed by atoms with Crippen LogP contribution in [0.3, 0.4) is 0 Å². The third-order valence-corrected chi connectivity index (χ3v) is 1.45. The van der Waals surface area contributed by atoms with E-state index in [0.29, 0.717) is 0 Å². The Kier molecular flexibility index (Phi) is 1.75. The highest BCUT2D eigenvalue weighted by molar-refractivity contribution is 5.23. The van der Waals surface area contributed by atoms with Crippen LogP contribution in [0.25, 0.3) is 0 Å². The minimum absolute atomic E-state index is 1.07. The summed E-state index contributed by atoms with van der Waals surface area (Å²) < 4.78 is 0. The summed E-state index contributed by atoms with van der Waals surface area (Å²) in [7, 11) is 0. The van der Waals surface area contributed by atoms with E-state index in [2.05, 4.69) is 12.0 Å². The van der Waals surface area contributed by atoms with Crippen molar-refractivity contribution < 1.29 is 0 Å². The molecule has 0 unspecified atom stereocenters. The first-order valence-electron chi connectivity index (χ1n) is 3.05. The molecule has 0 spiro atoms. The first kappa shape index (κ1) is 5.44. The van der Waals surface area contributed by atoms with Gasteiger partial charge in [-0.2, -0.15) is 0 Å². The van der Waals surface area contributed by atoms with Gasteiger partial charge in [0.1, 0.15) is 0 Å². The fourth-order valence-electron chi connectivity index (χ4n) is 0.952. The lowest BCUT2D eigenvalue weighted by molar-refractivity contribution is 0.715. The first-order valence-corrected chi connectivity index (χ1v) is 3.05. The standard InChI is InChI=1S/C8H9/c1-2-8-6-4-3-5-7-8/h6H,3-5,7H2. The molecule has 1 rings (SSSR count). The van der Waals surface area contributed by atoms with Crippen LogP contribution in [-0.4, -0.2) is 0 Å². The molecule has 8 heavy (non-hydrogen) atoms. The Morgan fingerprint density at radius 1 is 1.50 bits per heavy atom.